The summed E-state index contributed by atoms with van der Waals surface area (Å²) < 4.78 is 0. The van der Waals surface area contributed by atoms with Crippen molar-refractivity contribution in [2.24, 2.45) is 17.6 Å². The number of nitrogens with two attached hydrogens (primary N) is 1. The molecule has 0 unspecified atom stereocenters. The minimum atomic E-state index is 0.769. The molecular weight excluding hydrogens is 134 g/mol. The Balaban J connectivity index is 2.41. The summed E-state index contributed by atoms with van der Waals surface area (Å²) in [6, 6.07) is 0. The summed E-state index contributed by atoms with van der Waals surface area (Å²) in [5.74, 6) is 1.75. The Hall–Kier alpha value is -0.300. The van der Waals surface area contributed by atoms with E-state index >= 15 is 0 Å². The van der Waals surface area contributed by atoms with Gasteiger partial charge in [-0.2, -0.15) is 0 Å². The van der Waals surface area contributed by atoms with Gasteiger partial charge in [0.2, 0.25) is 0 Å². The van der Waals surface area contributed by atoms with Gasteiger partial charge < -0.3 is 5.73 Å². The van der Waals surface area contributed by atoms with Gasteiger partial charge >= 0.3 is 0 Å². The van der Waals surface area contributed by atoms with Gasteiger partial charge in [0, 0.05) is 6.54 Å². The highest BCUT2D eigenvalue weighted by Gasteiger charge is 2.16. The van der Waals surface area contributed by atoms with E-state index in [2.05, 4.69) is 19.9 Å². The summed E-state index contributed by atoms with van der Waals surface area (Å²) in [6.45, 7) is 5.39. The first-order valence-corrected chi connectivity index (χ1v) is 4.62. The van der Waals surface area contributed by atoms with Gasteiger partial charge in [0.05, 0.1) is 0 Å². The van der Waals surface area contributed by atoms with E-state index in [0.29, 0.717) is 0 Å². The molecule has 1 heteroatoms. The molecule has 0 amide bonds. The molecule has 1 rings (SSSR count). The summed E-state index contributed by atoms with van der Waals surface area (Å²) in [4.78, 5) is 0. The third kappa shape index (κ3) is 2.33. The van der Waals surface area contributed by atoms with Crippen molar-refractivity contribution in [1.29, 1.82) is 0 Å². The highest BCUT2D eigenvalue weighted by molar-refractivity contribution is 5.07. The van der Waals surface area contributed by atoms with Gasteiger partial charge in [0.1, 0.15) is 0 Å². The van der Waals surface area contributed by atoms with E-state index in [1.165, 1.54) is 24.8 Å². The topological polar surface area (TPSA) is 26.0 Å². The van der Waals surface area contributed by atoms with Crippen LogP contribution in [0.3, 0.4) is 0 Å². The Kier molecular flexibility index (Phi) is 3.13. The van der Waals surface area contributed by atoms with E-state index < -0.39 is 0 Å². The fourth-order valence-electron chi connectivity index (χ4n) is 1.70. The summed E-state index contributed by atoms with van der Waals surface area (Å²) in [5.41, 5.74) is 7.02. The lowest BCUT2D eigenvalue weighted by molar-refractivity contribution is 0.350. The largest absolute Gasteiger partial charge is 0.327 e. The number of allylic oxidation sites excluding steroid dienone is 1. The third-order valence-electron chi connectivity index (χ3n) is 2.75. The van der Waals surface area contributed by atoms with Crippen LogP contribution in [0.15, 0.2) is 11.6 Å². The van der Waals surface area contributed by atoms with E-state index in [0.717, 1.165) is 18.4 Å². The smallest absolute Gasteiger partial charge is 0.0136 e. The van der Waals surface area contributed by atoms with Crippen molar-refractivity contribution in [3.8, 4) is 0 Å². The zero-order valence-electron chi connectivity index (χ0n) is 7.64. The molecule has 1 aliphatic carbocycles. The molecule has 0 aromatic rings. The Morgan fingerprint density at radius 2 is 2.36 bits per heavy atom. The van der Waals surface area contributed by atoms with Crippen LogP contribution >= 0.6 is 0 Å². The van der Waals surface area contributed by atoms with Crippen molar-refractivity contribution < 1.29 is 0 Å². The monoisotopic (exact) mass is 153 g/mol. The fourth-order valence-corrected chi connectivity index (χ4v) is 1.70. The summed E-state index contributed by atoms with van der Waals surface area (Å²) in [5, 5.41) is 0. The molecule has 0 bridgehead atoms. The average Bonchev–Trinajstić information content (AvgIpc) is 2.05. The maximum atomic E-state index is 5.56. The molecule has 1 aliphatic rings. The normalized spacial score (nSPS) is 25.5. The van der Waals surface area contributed by atoms with Crippen LogP contribution in [0, 0.1) is 11.8 Å². The fraction of sp³-hybridized carbons (Fsp3) is 0.800. The number of hydrogen-bond acceptors (Lipinski definition) is 1. The predicted octanol–water partition coefficient (Wildman–Crippen LogP) is 2.33. The van der Waals surface area contributed by atoms with Crippen LogP contribution in [-0.4, -0.2) is 6.54 Å². The second kappa shape index (κ2) is 3.91. The van der Waals surface area contributed by atoms with Crippen molar-refractivity contribution in [1.82, 2.24) is 0 Å². The van der Waals surface area contributed by atoms with Crippen LogP contribution in [0.1, 0.15) is 33.1 Å². The summed E-state index contributed by atoms with van der Waals surface area (Å²) in [6.07, 6.45) is 6.18. The molecule has 0 radical (unpaired) electrons. The molecule has 1 atom stereocenters. The first kappa shape index (κ1) is 8.79. The predicted molar refractivity (Wildman–Crippen MR) is 49.3 cm³/mol. The van der Waals surface area contributed by atoms with E-state index in [9.17, 15) is 0 Å². The molecule has 0 fully saturated rings. The van der Waals surface area contributed by atoms with Crippen LogP contribution in [0.25, 0.3) is 0 Å². The van der Waals surface area contributed by atoms with Gasteiger partial charge in [0.15, 0.2) is 0 Å². The lowest BCUT2D eigenvalue weighted by Gasteiger charge is -2.24. The molecular formula is C10H19N. The SMILES string of the molecule is CC(C)[C@@H]1CC=C(CN)CC1. The maximum absolute atomic E-state index is 5.56. The quantitative estimate of drug-likeness (QED) is 0.605. The molecule has 0 aromatic heterocycles. The first-order chi connectivity index (χ1) is 5.24. The number of rotatable bonds is 2. The first-order valence-electron chi connectivity index (χ1n) is 4.62. The Morgan fingerprint density at radius 3 is 2.73 bits per heavy atom. The van der Waals surface area contributed by atoms with Crippen molar-refractivity contribution in [2.75, 3.05) is 6.54 Å². The zero-order valence-corrected chi connectivity index (χ0v) is 7.64. The molecule has 0 spiro atoms. The maximum Gasteiger partial charge on any atom is 0.0136 e. The van der Waals surface area contributed by atoms with Gasteiger partial charge in [-0.25, -0.2) is 0 Å². The molecule has 2 N–H and O–H groups in total. The Morgan fingerprint density at radius 1 is 1.64 bits per heavy atom. The second-order valence-electron chi connectivity index (χ2n) is 3.84. The minimum absolute atomic E-state index is 0.769. The highest BCUT2D eigenvalue weighted by atomic mass is 14.5. The number of hydrogen-bond donors (Lipinski definition) is 1. The van der Waals surface area contributed by atoms with Gasteiger partial charge in [0.25, 0.3) is 0 Å². The minimum Gasteiger partial charge on any atom is -0.327 e. The molecule has 0 saturated heterocycles. The molecule has 1 nitrogen and oxygen atoms in total. The van der Waals surface area contributed by atoms with Crippen LogP contribution in [0.4, 0.5) is 0 Å². The average molecular weight is 153 g/mol. The lowest BCUT2D eigenvalue weighted by atomic mass is 9.82. The molecule has 0 saturated carbocycles. The molecule has 64 valence electrons. The third-order valence-corrected chi connectivity index (χ3v) is 2.75. The van der Waals surface area contributed by atoms with Crippen molar-refractivity contribution >= 4 is 0 Å². The van der Waals surface area contributed by atoms with Gasteiger partial charge in [-0.15, -0.1) is 0 Å². The van der Waals surface area contributed by atoms with E-state index in [4.69, 9.17) is 5.73 Å². The summed E-state index contributed by atoms with van der Waals surface area (Å²) >= 11 is 0. The van der Waals surface area contributed by atoms with Crippen LogP contribution in [0.5, 0.6) is 0 Å². The van der Waals surface area contributed by atoms with Crippen molar-refractivity contribution in [3.05, 3.63) is 11.6 Å². The van der Waals surface area contributed by atoms with Gasteiger partial charge in [-0.3, -0.25) is 0 Å². The Labute approximate surface area is 69.7 Å². The lowest BCUT2D eigenvalue weighted by Crippen LogP contribution is -2.15. The van der Waals surface area contributed by atoms with Crippen LogP contribution in [0.2, 0.25) is 0 Å². The molecule has 0 aromatic carbocycles. The molecule has 0 aliphatic heterocycles. The Bertz CT molecular complexity index is 147. The van der Waals surface area contributed by atoms with Crippen LogP contribution in [-0.2, 0) is 0 Å². The van der Waals surface area contributed by atoms with Gasteiger partial charge in [-0.1, -0.05) is 25.5 Å². The second-order valence-corrected chi connectivity index (χ2v) is 3.84. The van der Waals surface area contributed by atoms with E-state index in [1.807, 2.05) is 0 Å². The van der Waals surface area contributed by atoms with Crippen molar-refractivity contribution in [2.45, 2.75) is 33.1 Å². The van der Waals surface area contributed by atoms with E-state index in [-0.39, 0.29) is 0 Å². The standard InChI is InChI=1S/C10H19N/c1-8(2)10-5-3-9(7-11)4-6-10/h3,8,10H,4-7,11H2,1-2H3/t10-/m1/s1. The van der Waals surface area contributed by atoms with Crippen molar-refractivity contribution in [3.63, 3.8) is 0 Å². The zero-order chi connectivity index (χ0) is 8.27. The van der Waals surface area contributed by atoms with Gasteiger partial charge in [-0.05, 0) is 31.1 Å². The highest BCUT2D eigenvalue weighted by Crippen LogP contribution is 2.28. The summed E-state index contributed by atoms with van der Waals surface area (Å²) in [7, 11) is 0. The molecule has 0 heterocycles. The van der Waals surface area contributed by atoms with Crippen LogP contribution < -0.4 is 5.73 Å². The van der Waals surface area contributed by atoms with E-state index in [1.54, 1.807) is 0 Å². The molecule has 11 heavy (non-hydrogen) atoms.